The van der Waals surface area contributed by atoms with E-state index < -0.39 is 23.8 Å². The van der Waals surface area contributed by atoms with Crippen LogP contribution in [-0.4, -0.2) is 22.9 Å². The van der Waals surface area contributed by atoms with Crippen molar-refractivity contribution in [2.24, 2.45) is 0 Å². The van der Waals surface area contributed by atoms with Crippen molar-refractivity contribution in [3.05, 3.63) is 71.9 Å². The number of carbonyl (C=O) groups is 2. The number of amides is 2. The summed E-state index contributed by atoms with van der Waals surface area (Å²) in [6.45, 7) is 1.42. The summed E-state index contributed by atoms with van der Waals surface area (Å²) in [5.41, 5.74) is 2.23. The molecule has 2 heterocycles. The van der Waals surface area contributed by atoms with E-state index in [1.165, 1.54) is 19.1 Å². The number of hydrogen-bond acceptors (Lipinski definition) is 4. The summed E-state index contributed by atoms with van der Waals surface area (Å²) < 4.78 is 44.4. The Morgan fingerprint density at radius 1 is 1.03 bits per heavy atom. The van der Waals surface area contributed by atoms with Crippen LogP contribution in [0, 0.1) is 0 Å². The third-order valence-corrected chi connectivity index (χ3v) is 4.93. The number of pyridine rings is 1. The molecular weight excluding hydrogens is 423 g/mol. The highest BCUT2D eigenvalue weighted by Crippen LogP contribution is 2.36. The van der Waals surface area contributed by atoms with Crippen molar-refractivity contribution in [3.8, 4) is 17.0 Å². The highest BCUT2D eigenvalue weighted by atomic mass is 19.4. The number of nitrogens with one attached hydrogen (secondary N) is 2. The van der Waals surface area contributed by atoms with Gasteiger partial charge in [-0.15, -0.1) is 0 Å². The van der Waals surface area contributed by atoms with Gasteiger partial charge in [-0.2, -0.15) is 13.2 Å². The van der Waals surface area contributed by atoms with Crippen molar-refractivity contribution in [2.75, 3.05) is 10.6 Å². The molecule has 1 aliphatic heterocycles. The van der Waals surface area contributed by atoms with Crippen LogP contribution in [0.1, 0.15) is 18.1 Å². The summed E-state index contributed by atoms with van der Waals surface area (Å²) >= 11 is 0. The number of hydrogen-bond donors (Lipinski definition) is 2. The van der Waals surface area contributed by atoms with Crippen molar-refractivity contribution in [1.82, 2.24) is 4.98 Å². The maximum atomic E-state index is 12.9. The van der Waals surface area contributed by atoms with Gasteiger partial charge >= 0.3 is 6.18 Å². The summed E-state index contributed by atoms with van der Waals surface area (Å²) in [6, 6.07) is 13.4. The molecule has 0 radical (unpaired) electrons. The zero-order chi connectivity index (χ0) is 22.9. The van der Waals surface area contributed by atoms with E-state index in [0.717, 1.165) is 28.8 Å². The molecule has 2 N–H and O–H groups in total. The fourth-order valence-corrected chi connectivity index (χ4v) is 3.48. The normalized spacial score (nSPS) is 14.9. The van der Waals surface area contributed by atoms with Crippen LogP contribution in [0.15, 0.2) is 60.8 Å². The van der Waals surface area contributed by atoms with Gasteiger partial charge < -0.3 is 15.4 Å². The van der Waals surface area contributed by atoms with E-state index in [0.29, 0.717) is 11.6 Å². The Labute approximate surface area is 181 Å². The first-order chi connectivity index (χ1) is 15.2. The minimum Gasteiger partial charge on any atom is -0.464 e. The van der Waals surface area contributed by atoms with Gasteiger partial charge in [-0.3, -0.25) is 9.59 Å². The molecule has 1 atom stereocenters. The number of anilines is 2. The lowest BCUT2D eigenvalue weighted by molar-refractivity contribution is -0.137. The average Bonchev–Trinajstić information content (AvgIpc) is 3.18. The lowest BCUT2D eigenvalue weighted by atomic mass is 9.98. The number of halogens is 3. The minimum atomic E-state index is -4.50. The quantitative estimate of drug-likeness (QED) is 0.617. The van der Waals surface area contributed by atoms with Crippen molar-refractivity contribution >= 4 is 23.2 Å². The third-order valence-electron chi connectivity index (χ3n) is 4.93. The van der Waals surface area contributed by atoms with Crippen LogP contribution in [0.4, 0.5) is 24.5 Å². The van der Waals surface area contributed by atoms with Gasteiger partial charge in [0.1, 0.15) is 0 Å². The van der Waals surface area contributed by atoms with Crippen LogP contribution >= 0.6 is 0 Å². The van der Waals surface area contributed by atoms with E-state index in [1.54, 1.807) is 24.4 Å². The Bertz CT molecular complexity index is 1180. The lowest BCUT2D eigenvalue weighted by Crippen LogP contribution is -2.31. The van der Waals surface area contributed by atoms with Gasteiger partial charge in [-0.1, -0.05) is 18.2 Å². The third kappa shape index (κ3) is 4.56. The molecule has 1 unspecified atom stereocenters. The van der Waals surface area contributed by atoms with Crippen LogP contribution in [0.3, 0.4) is 0 Å². The summed E-state index contributed by atoms with van der Waals surface area (Å²) in [6.07, 6.45) is -3.65. The molecule has 4 rings (SSSR count). The fraction of sp³-hybridized carbons (Fsp3) is 0.174. The summed E-state index contributed by atoms with van der Waals surface area (Å²) in [4.78, 5) is 28.0. The van der Waals surface area contributed by atoms with E-state index in [2.05, 4.69) is 15.6 Å². The van der Waals surface area contributed by atoms with Crippen LogP contribution in [0.2, 0.25) is 0 Å². The Kier molecular flexibility index (Phi) is 5.56. The molecule has 0 bridgehead atoms. The van der Waals surface area contributed by atoms with Crippen LogP contribution < -0.4 is 15.4 Å². The van der Waals surface area contributed by atoms with Gasteiger partial charge in [0, 0.05) is 36.5 Å². The van der Waals surface area contributed by atoms with Gasteiger partial charge in [0.2, 0.25) is 11.8 Å². The molecule has 0 fully saturated rings. The van der Waals surface area contributed by atoms with Gasteiger partial charge in [-0.05, 0) is 47.5 Å². The second-order valence-corrected chi connectivity index (χ2v) is 7.28. The summed E-state index contributed by atoms with van der Waals surface area (Å²) in [5, 5.41) is 5.18. The molecule has 0 saturated carbocycles. The first kappa shape index (κ1) is 21.4. The molecule has 3 aromatic rings. The van der Waals surface area contributed by atoms with Gasteiger partial charge in [0.15, 0.2) is 6.10 Å². The van der Waals surface area contributed by atoms with Crippen molar-refractivity contribution in [3.63, 3.8) is 0 Å². The Hall–Kier alpha value is -3.88. The minimum absolute atomic E-state index is 0.0334. The van der Waals surface area contributed by atoms with Crippen molar-refractivity contribution < 1.29 is 27.5 Å². The maximum absolute atomic E-state index is 12.9. The number of nitrogens with zero attached hydrogens (tertiary/aromatic N) is 1. The van der Waals surface area contributed by atoms with E-state index in [1.807, 2.05) is 12.1 Å². The maximum Gasteiger partial charge on any atom is 0.416 e. The zero-order valence-corrected chi connectivity index (χ0v) is 16.9. The fourth-order valence-electron chi connectivity index (χ4n) is 3.48. The van der Waals surface area contributed by atoms with Crippen molar-refractivity contribution in [1.29, 1.82) is 0 Å². The molecule has 9 heteroatoms. The lowest BCUT2D eigenvalue weighted by Gasteiger charge is -2.12. The van der Waals surface area contributed by atoms with Crippen LogP contribution in [0.5, 0.6) is 5.88 Å². The summed E-state index contributed by atoms with van der Waals surface area (Å²) in [5.74, 6) is -0.433. The first-order valence-electron chi connectivity index (χ1n) is 9.71. The molecular formula is C23H18F3N3O3. The van der Waals surface area contributed by atoms with Crippen LogP contribution in [-0.2, 0) is 22.2 Å². The smallest absolute Gasteiger partial charge is 0.416 e. The number of fused-ring (bicyclic) bond motifs is 1. The summed E-state index contributed by atoms with van der Waals surface area (Å²) in [7, 11) is 0. The van der Waals surface area contributed by atoms with Gasteiger partial charge in [0.25, 0.3) is 5.91 Å². The number of carbonyl (C=O) groups excluding carboxylic acids is 2. The highest BCUT2D eigenvalue weighted by Gasteiger charge is 2.33. The number of aromatic nitrogens is 1. The molecule has 164 valence electrons. The second kappa shape index (κ2) is 8.33. The highest BCUT2D eigenvalue weighted by molar-refractivity contribution is 5.95. The standard InChI is InChI=1S/C23H18F3N3O3/c1-13(30)28-16-7-5-14(6-8-16)18-9-10-27-22-19(18)12-20(32-22)21(31)29-17-4-2-3-15(11-17)23(24,25)26/h2-11,20H,12H2,1H3,(H,28,30)(H,29,31). The van der Waals surface area contributed by atoms with Crippen LogP contribution in [0.25, 0.3) is 11.1 Å². The number of rotatable bonds is 4. The van der Waals surface area contributed by atoms with E-state index in [9.17, 15) is 22.8 Å². The Balaban J connectivity index is 1.51. The first-order valence-corrected chi connectivity index (χ1v) is 9.71. The molecule has 0 spiro atoms. The molecule has 1 aliphatic rings. The van der Waals surface area contributed by atoms with Gasteiger partial charge in [-0.25, -0.2) is 4.98 Å². The molecule has 0 aliphatic carbocycles. The molecule has 0 saturated heterocycles. The average molecular weight is 441 g/mol. The Morgan fingerprint density at radius 3 is 2.47 bits per heavy atom. The number of benzene rings is 2. The largest absolute Gasteiger partial charge is 0.464 e. The monoisotopic (exact) mass is 441 g/mol. The number of ether oxygens (including phenoxy) is 1. The molecule has 6 nitrogen and oxygen atoms in total. The van der Waals surface area contributed by atoms with Gasteiger partial charge in [0.05, 0.1) is 5.56 Å². The molecule has 32 heavy (non-hydrogen) atoms. The molecule has 2 amide bonds. The predicted octanol–water partition coefficient (Wildman–Crippen LogP) is 4.67. The molecule has 2 aromatic carbocycles. The zero-order valence-electron chi connectivity index (χ0n) is 16.9. The van der Waals surface area contributed by atoms with Crippen molar-refractivity contribution in [2.45, 2.75) is 25.6 Å². The van der Waals surface area contributed by atoms with E-state index in [4.69, 9.17) is 4.74 Å². The predicted molar refractivity (Wildman–Crippen MR) is 112 cm³/mol. The topological polar surface area (TPSA) is 80.3 Å². The van der Waals surface area contributed by atoms with E-state index >= 15 is 0 Å². The second-order valence-electron chi connectivity index (χ2n) is 7.28. The number of alkyl halides is 3. The Morgan fingerprint density at radius 2 is 1.78 bits per heavy atom. The SMILES string of the molecule is CC(=O)Nc1ccc(-c2ccnc3c2CC(C(=O)Nc2cccc(C(F)(F)F)c2)O3)cc1. The molecule has 1 aromatic heterocycles. The van der Waals surface area contributed by atoms with E-state index in [-0.39, 0.29) is 18.0 Å².